The number of imidazole rings is 1. The summed E-state index contributed by atoms with van der Waals surface area (Å²) < 4.78 is 40.5. The number of ether oxygens (including phenoxy) is 2. The summed E-state index contributed by atoms with van der Waals surface area (Å²) >= 11 is 0. The van der Waals surface area contributed by atoms with Crippen LogP contribution in [0.25, 0.3) is 16.9 Å². The first-order valence-corrected chi connectivity index (χ1v) is 12.6. The van der Waals surface area contributed by atoms with Crippen molar-refractivity contribution >= 4 is 15.5 Å². The first-order valence-electron chi connectivity index (χ1n) is 11.1. The van der Waals surface area contributed by atoms with Crippen LogP contribution in [0.15, 0.2) is 21.8 Å². The van der Waals surface area contributed by atoms with Gasteiger partial charge in [-0.2, -0.15) is 0 Å². The van der Waals surface area contributed by atoms with Crippen molar-refractivity contribution in [3.05, 3.63) is 39.6 Å². The molecule has 0 fully saturated rings. The SMILES string of the molecule is CCCc1nc(C)c2c(=O)[nH]c(-c3cc(S(=O)(=O)NCCO)c(OC)cc3CCOCC)nn12. The van der Waals surface area contributed by atoms with E-state index in [1.807, 2.05) is 13.8 Å². The maximum absolute atomic E-state index is 13.0. The van der Waals surface area contributed by atoms with Crippen LogP contribution in [0, 0.1) is 6.92 Å². The second kappa shape index (κ2) is 11.1. The smallest absolute Gasteiger partial charge is 0.277 e. The van der Waals surface area contributed by atoms with Crippen molar-refractivity contribution in [1.29, 1.82) is 0 Å². The van der Waals surface area contributed by atoms with Gasteiger partial charge >= 0.3 is 0 Å². The molecule has 1 aromatic carbocycles. The molecule has 0 unspecified atom stereocenters. The molecule has 186 valence electrons. The topological polar surface area (TPSA) is 148 Å². The number of rotatable bonds is 12. The summed E-state index contributed by atoms with van der Waals surface area (Å²) in [6.07, 6.45) is 1.90. The molecule has 0 atom stereocenters. The average molecular weight is 494 g/mol. The summed E-state index contributed by atoms with van der Waals surface area (Å²) in [5, 5.41) is 13.7. The molecule has 0 saturated carbocycles. The van der Waals surface area contributed by atoms with E-state index in [1.54, 1.807) is 13.0 Å². The van der Waals surface area contributed by atoms with Crippen molar-refractivity contribution in [2.75, 3.05) is 33.5 Å². The Kier molecular flexibility index (Phi) is 8.42. The van der Waals surface area contributed by atoms with Gasteiger partial charge in [-0.15, -0.1) is 5.10 Å². The lowest BCUT2D eigenvalue weighted by Crippen LogP contribution is -2.27. The number of aliphatic hydroxyl groups excluding tert-OH is 1. The predicted molar refractivity (Wildman–Crippen MR) is 127 cm³/mol. The van der Waals surface area contributed by atoms with Gasteiger partial charge in [-0.25, -0.2) is 22.6 Å². The van der Waals surface area contributed by atoms with Gasteiger partial charge in [0, 0.05) is 25.1 Å². The van der Waals surface area contributed by atoms with Gasteiger partial charge in [0.1, 0.15) is 16.5 Å². The van der Waals surface area contributed by atoms with E-state index in [0.717, 1.165) is 6.42 Å². The molecule has 0 bridgehead atoms. The number of H-pyrrole nitrogens is 1. The molecular weight excluding hydrogens is 462 g/mol. The Morgan fingerprint density at radius 2 is 2.00 bits per heavy atom. The molecule has 3 rings (SSSR count). The Hall–Kier alpha value is -2.80. The molecule has 2 aromatic heterocycles. The first-order chi connectivity index (χ1) is 16.3. The number of nitrogens with one attached hydrogen (secondary N) is 2. The number of aromatic nitrogens is 4. The van der Waals surface area contributed by atoms with Gasteiger partial charge in [0.15, 0.2) is 11.3 Å². The van der Waals surface area contributed by atoms with Gasteiger partial charge in [0.2, 0.25) is 10.0 Å². The summed E-state index contributed by atoms with van der Waals surface area (Å²) in [6.45, 7) is 6.06. The Morgan fingerprint density at radius 1 is 1.24 bits per heavy atom. The normalized spacial score (nSPS) is 11.9. The molecule has 0 amide bonds. The number of aliphatic hydroxyl groups is 1. The second-order valence-electron chi connectivity index (χ2n) is 7.66. The van der Waals surface area contributed by atoms with Crippen molar-refractivity contribution in [3.8, 4) is 17.1 Å². The van der Waals surface area contributed by atoms with Gasteiger partial charge in [-0.05, 0) is 44.4 Å². The molecule has 0 radical (unpaired) electrons. The van der Waals surface area contributed by atoms with Crippen LogP contribution in [0.3, 0.4) is 0 Å². The van der Waals surface area contributed by atoms with E-state index in [9.17, 15) is 13.2 Å². The van der Waals surface area contributed by atoms with Crippen LogP contribution in [-0.2, 0) is 27.6 Å². The molecule has 12 heteroatoms. The molecule has 0 aliphatic rings. The predicted octanol–water partition coefficient (Wildman–Crippen LogP) is 1.20. The van der Waals surface area contributed by atoms with Gasteiger partial charge in [-0.3, -0.25) is 4.79 Å². The van der Waals surface area contributed by atoms with E-state index >= 15 is 0 Å². The first kappa shape index (κ1) is 25.8. The highest BCUT2D eigenvalue weighted by molar-refractivity contribution is 7.89. The number of sulfonamides is 1. The van der Waals surface area contributed by atoms with Crippen LogP contribution in [0.5, 0.6) is 5.75 Å². The number of hydrogen-bond donors (Lipinski definition) is 3. The molecule has 34 heavy (non-hydrogen) atoms. The lowest BCUT2D eigenvalue weighted by Gasteiger charge is -2.16. The molecule has 11 nitrogen and oxygen atoms in total. The zero-order valence-electron chi connectivity index (χ0n) is 19.8. The Labute approximate surface area is 198 Å². The number of nitrogens with zero attached hydrogens (tertiary/aromatic N) is 3. The Bertz CT molecular complexity index is 1320. The number of benzene rings is 1. The number of methoxy groups -OCH3 is 1. The maximum atomic E-state index is 13.0. The quantitative estimate of drug-likeness (QED) is 0.319. The largest absolute Gasteiger partial charge is 0.495 e. The zero-order valence-corrected chi connectivity index (χ0v) is 20.7. The highest BCUT2D eigenvalue weighted by Crippen LogP contribution is 2.32. The van der Waals surface area contributed by atoms with Crippen molar-refractivity contribution < 1.29 is 23.0 Å². The number of fused-ring (bicyclic) bond motifs is 1. The third-order valence-electron chi connectivity index (χ3n) is 5.27. The molecular formula is C22H31N5O6S. The minimum Gasteiger partial charge on any atom is -0.495 e. The highest BCUT2D eigenvalue weighted by Gasteiger charge is 2.24. The maximum Gasteiger partial charge on any atom is 0.277 e. The molecule has 0 saturated heterocycles. The van der Waals surface area contributed by atoms with Gasteiger partial charge in [-0.1, -0.05) is 6.92 Å². The van der Waals surface area contributed by atoms with Crippen molar-refractivity contribution in [2.24, 2.45) is 0 Å². The molecule has 3 N–H and O–H groups in total. The Morgan fingerprint density at radius 3 is 2.65 bits per heavy atom. The summed E-state index contributed by atoms with van der Waals surface area (Å²) in [5.41, 5.74) is 1.69. The lowest BCUT2D eigenvalue weighted by atomic mass is 10.0. The summed E-state index contributed by atoms with van der Waals surface area (Å²) in [5.74, 6) is 0.999. The van der Waals surface area contributed by atoms with Gasteiger partial charge in [0.25, 0.3) is 5.56 Å². The molecule has 3 aromatic rings. The van der Waals surface area contributed by atoms with E-state index < -0.39 is 10.0 Å². The summed E-state index contributed by atoms with van der Waals surface area (Å²) in [7, 11) is -2.63. The van der Waals surface area contributed by atoms with Crippen LogP contribution < -0.4 is 15.0 Å². The third-order valence-corrected chi connectivity index (χ3v) is 6.76. The number of aromatic amines is 1. The fourth-order valence-electron chi connectivity index (χ4n) is 3.73. The van der Waals surface area contributed by atoms with E-state index in [0.29, 0.717) is 54.2 Å². The standard InChI is InChI=1S/C22H31N5O6S/c1-5-7-19-24-14(3)20-22(29)25-21(26-27(19)20)16-13-18(34(30,31)23-9-10-28)17(32-4)12-15(16)8-11-33-6-2/h12-13,23,28H,5-11H2,1-4H3,(H,25,26,29). The van der Waals surface area contributed by atoms with E-state index in [2.05, 4.69) is 19.8 Å². The summed E-state index contributed by atoms with van der Waals surface area (Å²) in [6, 6.07) is 3.03. The number of aryl methyl sites for hydroxylation is 2. The van der Waals surface area contributed by atoms with Gasteiger partial charge in [0.05, 0.1) is 26.0 Å². The second-order valence-corrected chi connectivity index (χ2v) is 9.39. The van der Waals surface area contributed by atoms with E-state index in [4.69, 9.17) is 14.6 Å². The minimum absolute atomic E-state index is 0.128. The number of hydrogen-bond acceptors (Lipinski definition) is 8. The monoisotopic (exact) mass is 493 g/mol. The highest BCUT2D eigenvalue weighted by atomic mass is 32.2. The molecule has 0 spiro atoms. The summed E-state index contributed by atoms with van der Waals surface area (Å²) in [4.78, 5) is 20.1. The lowest BCUT2D eigenvalue weighted by molar-refractivity contribution is 0.151. The van der Waals surface area contributed by atoms with E-state index in [1.165, 1.54) is 17.7 Å². The molecule has 0 aliphatic heterocycles. The van der Waals surface area contributed by atoms with Crippen LogP contribution in [0.2, 0.25) is 0 Å². The van der Waals surface area contributed by atoms with Gasteiger partial charge < -0.3 is 19.6 Å². The minimum atomic E-state index is -4.01. The van der Waals surface area contributed by atoms with Crippen LogP contribution in [0.4, 0.5) is 0 Å². The third kappa shape index (κ3) is 5.30. The Balaban J connectivity index is 2.27. The molecule has 2 heterocycles. The van der Waals surface area contributed by atoms with E-state index in [-0.39, 0.29) is 35.2 Å². The van der Waals surface area contributed by atoms with Crippen molar-refractivity contribution in [3.63, 3.8) is 0 Å². The van der Waals surface area contributed by atoms with Crippen LogP contribution >= 0.6 is 0 Å². The zero-order chi connectivity index (χ0) is 24.9. The van der Waals surface area contributed by atoms with Crippen LogP contribution in [0.1, 0.15) is 37.4 Å². The van der Waals surface area contributed by atoms with Crippen molar-refractivity contribution in [2.45, 2.75) is 44.9 Å². The van der Waals surface area contributed by atoms with Crippen LogP contribution in [-0.4, -0.2) is 66.6 Å². The van der Waals surface area contributed by atoms with Crippen molar-refractivity contribution in [1.82, 2.24) is 24.3 Å². The fourth-order valence-corrected chi connectivity index (χ4v) is 4.92. The average Bonchev–Trinajstić information content (AvgIpc) is 3.13. The fraction of sp³-hybridized carbons (Fsp3) is 0.500. The molecule has 0 aliphatic carbocycles.